The van der Waals surface area contributed by atoms with Crippen molar-refractivity contribution in [2.45, 2.75) is 38.7 Å². The van der Waals surface area contributed by atoms with Crippen LogP contribution in [0.2, 0.25) is 0 Å². The van der Waals surface area contributed by atoms with Gasteiger partial charge in [0.15, 0.2) is 0 Å². The van der Waals surface area contributed by atoms with Crippen LogP contribution in [-0.4, -0.2) is 36.5 Å². The predicted molar refractivity (Wildman–Crippen MR) is 53.4 cm³/mol. The summed E-state index contributed by atoms with van der Waals surface area (Å²) in [6.45, 7) is 4.24. The van der Waals surface area contributed by atoms with Crippen LogP contribution in [0.25, 0.3) is 0 Å². The minimum atomic E-state index is -2.72. The van der Waals surface area contributed by atoms with Crippen molar-refractivity contribution in [1.82, 2.24) is 4.90 Å². The third kappa shape index (κ3) is 2.89. The van der Waals surface area contributed by atoms with E-state index in [1.54, 1.807) is 0 Å². The highest BCUT2D eigenvalue weighted by atomic mass is 19.3. The van der Waals surface area contributed by atoms with Gasteiger partial charge in [0.1, 0.15) is 0 Å². The van der Waals surface area contributed by atoms with Gasteiger partial charge < -0.3 is 5.73 Å². The van der Waals surface area contributed by atoms with Gasteiger partial charge in [0, 0.05) is 6.04 Å². The summed E-state index contributed by atoms with van der Waals surface area (Å²) in [5.41, 5.74) is 5.03. The molecule has 2 nitrogen and oxygen atoms in total. The zero-order chi connectivity index (χ0) is 10.8. The van der Waals surface area contributed by atoms with Gasteiger partial charge in [0.2, 0.25) is 0 Å². The molecule has 0 aliphatic carbocycles. The van der Waals surface area contributed by atoms with E-state index < -0.39 is 12.5 Å². The molecule has 1 aliphatic heterocycles. The third-order valence-electron chi connectivity index (χ3n) is 2.92. The van der Waals surface area contributed by atoms with Crippen LogP contribution in [0.15, 0.2) is 0 Å². The van der Waals surface area contributed by atoms with Gasteiger partial charge in [-0.25, -0.2) is 8.78 Å². The van der Waals surface area contributed by atoms with Crippen LogP contribution in [0, 0.1) is 5.92 Å². The fraction of sp³-hybridized carbons (Fsp3) is 1.00. The predicted octanol–water partition coefficient (Wildman–Crippen LogP) is 1.70. The van der Waals surface area contributed by atoms with E-state index in [9.17, 15) is 8.78 Å². The smallest absolute Gasteiger partial charge is 0.272 e. The average molecular weight is 206 g/mol. The Morgan fingerprint density at radius 2 is 2.14 bits per heavy atom. The second-order valence-electron chi connectivity index (χ2n) is 4.48. The third-order valence-corrected chi connectivity index (χ3v) is 2.92. The lowest BCUT2D eigenvalue weighted by Crippen LogP contribution is -2.45. The minimum absolute atomic E-state index is 0.174. The van der Waals surface area contributed by atoms with Crippen molar-refractivity contribution >= 4 is 0 Å². The maximum absolute atomic E-state index is 13.1. The van der Waals surface area contributed by atoms with Gasteiger partial charge in [-0.3, -0.25) is 4.90 Å². The van der Waals surface area contributed by atoms with Crippen LogP contribution >= 0.6 is 0 Å². The summed E-state index contributed by atoms with van der Waals surface area (Å²) < 4.78 is 26.1. The van der Waals surface area contributed by atoms with Crippen molar-refractivity contribution in [2.75, 3.05) is 19.6 Å². The molecule has 1 heterocycles. The number of nitrogens with zero attached hydrogens (tertiary/aromatic N) is 1. The van der Waals surface area contributed by atoms with E-state index in [0.717, 1.165) is 19.4 Å². The van der Waals surface area contributed by atoms with E-state index in [1.807, 2.05) is 4.90 Å². The zero-order valence-corrected chi connectivity index (χ0v) is 8.97. The molecular weight excluding hydrogens is 186 g/mol. The maximum Gasteiger partial charge on any atom is 0.272 e. The highest BCUT2D eigenvalue weighted by Gasteiger charge is 2.36. The molecule has 1 fully saturated rings. The topological polar surface area (TPSA) is 29.3 Å². The number of alkyl halides is 2. The molecule has 1 aliphatic rings. The van der Waals surface area contributed by atoms with Crippen LogP contribution < -0.4 is 5.73 Å². The van der Waals surface area contributed by atoms with Crippen LogP contribution in [0.3, 0.4) is 0 Å². The summed E-state index contributed by atoms with van der Waals surface area (Å²) >= 11 is 0. The van der Waals surface area contributed by atoms with E-state index in [2.05, 4.69) is 13.8 Å². The fourth-order valence-corrected chi connectivity index (χ4v) is 2.16. The Bertz CT molecular complexity index is 183. The van der Waals surface area contributed by atoms with Gasteiger partial charge in [0.25, 0.3) is 5.92 Å². The second-order valence-corrected chi connectivity index (χ2v) is 4.48. The molecule has 0 bridgehead atoms. The average Bonchev–Trinajstić information content (AvgIpc) is 2.51. The Morgan fingerprint density at radius 1 is 1.50 bits per heavy atom. The standard InChI is InChI=1S/C10H20F2N2/c1-8(2)9-4-3-5-14(9)7-10(11,12)6-13/h8-9H,3-7,13H2,1-2H3. The molecule has 84 valence electrons. The van der Waals surface area contributed by atoms with Crippen molar-refractivity contribution in [3.8, 4) is 0 Å². The number of likely N-dealkylation sites (tertiary alicyclic amines) is 1. The molecule has 14 heavy (non-hydrogen) atoms. The normalized spacial score (nSPS) is 24.9. The lowest BCUT2D eigenvalue weighted by atomic mass is 10.0. The van der Waals surface area contributed by atoms with Crippen LogP contribution in [0.1, 0.15) is 26.7 Å². The van der Waals surface area contributed by atoms with E-state index in [0.29, 0.717) is 12.0 Å². The van der Waals surface area contributed by atoms with Crippen molar-refractivity contribution in [1.29, 1.82) is 0 Å². The van der Waals surface area contributed by atoms with E-state index in [1.165, 1.54) is 0 Å². The first-order valence-electron chi connectivity index (χ1n) is 5.28. The quantitative estimate of drug-likeness (QED) is 0.758. The van der Waals surface area contributed by atoms with Gasteiger partial charge in [-0.1, -0.05) is 13.8 Å². The molecule has 1 atom stereocenters. The van der Waals surface area contributed by atoms with Gasteiger partial charge in [-0.15, -0.1) is 0 Å². The summed E-state index contributed by atoms with van der Waals surface area (Å²) in [5, 5.41) is 0. The number of rotatable bonds is 4. The molecule has 0 saturated carbocycles. The van der Waals surface area contributed by atoms with E-state index >= 15 is 0 Å². The van der Waals surface area contributed by atoms with E-state index in [4.69, 9.17) is 5.73 Å². The zero-order valence-electron chi connectivity index (χ0n) is 8.97. The summed E-state index contributed by atoms with van der Waals surface area (Å²) in [5.74, 6) is -2.27. The molecule has 0 aromatic heterocycles. The fourth-order valence-electron chi connectivity index (χ4n) is 2.16. The van der Waals surface area contributed by atoms with Crippen molar-refractivity contribution in [3.05, 3.63) is 0 Å². The molecule has 1 unspecified atom stereocenters. The van der Waals surface area contributed by atoms with Crippen molar-refractivity contribution in [2.24, 2.45) is 11.7 Å². The summed E-state index contributed by atoms with van der Waals surface area (Å²) in [6, 6.07) is 0.312. The Labute approximate surface area is 84.4 Å². The van der Waals surface area contributed by atoms with Crippen LogP contribution in [0.5, 0.6) is 0 Å². The number of halogens is 2. The van der Waals surface area contributed by atoms with E-state index in [-0.39, 0.29) is 6.54 Å². The summed E-state index contributed by atoms with van der Waals surface area (Å²) in [7, 11) is 0. The molecule has 0 amide bonds. The van der Waals surface area contributed by atoms with Crippen LogP contribution in [-0.2, 0) is 0 Å². The number of nitrogens with two attached hydrogens (primary N) is 1. The monoisotopic (exact) mass is 206 g/mol. The summed E-state index contributed by atoms with van der Waals surface area (Å²) in [6.07, 6.45) is 2.07. The molecule has 1 rings (SSSR count). The second kappa shape index (κ2) is 4.53. The lowest BCUT2D eigenvalue weighted by Gasteiger charge is -2.30. The van der Waals surface area contributed by atoms with Gasteiger partial charge >= 0.3 is 0 Å². The molecular formula is C10H20F2N2. The van der Waals surface area contributed by atoms with Crippen molar-refractivity contribution in [3.63, 3.8) is 0 Å². The van der Waals surface area contributed by atoms with Crippen molar-refractivity contribution < 1.29 is 8.78 Å². The Kier molecular flexibility index (Phi) is 3.84. The maximum atomic E-state index is 13.1. The summed E-state index contributed by atoms with van der Waals surface area (Å²) in [4.78, 5) is 1.89. The SMILES string of the molecule is CC(C)C1CCCN1CC(F)(F)CN. The van der Waals surface area contributed by atoms with Gasteiger partial charge in [0.05, 0.1) is 13.1 Å². The van der Waals surface area contributed by atoms with Gasteiger partial charge in [-0.05, 0) is 25.3 Å². The first kappa shape index (κ1) is 11.9. The van der Waals surface area contributed by atoms with Crippen LogP contribution in [0.4, 0.5) is 8.78 Å². The Morgan fingerprint density at radius 3 is 2.64 bits per heavy atom. The molecule has 4 heteroatoms. The Balaban J connectivity index is 2.51. The largest absolute Gasteiger partial charge is 0.325 e. The molecule has 0 aromatic carbocycles. The van der Waals surface area contributed by atoms with Gasteiger partial charge in [-0.2, -0.15) is 0 Å². The Hall–Kier alpha value is -0.220. The highest BCUT2D eigenvalue weighted by molar-refractivity contribution is 4.85. The molecule has 0 aromatic rings. The molecule has 1 saturated heterocycles. The highest BCUT2D eigenvalue weighted by Crippen LogP contribution is 2.26. The first-order chi connectivity index (χ1) is 6.46. The number of hydrogen-bond donors (Lipinski definition) is 1. The lowest BCUT2D eigenvalue weighted by molar-refractivity contribution is -0.0304. The molecule has 2 N–H and O–H groups in total. The molecule has 0 spiro atoms. The first-order valence-corrected chi connectivity index (χ1v) is 5.28. The number of hydrogen-bond acceptors (Lipinski definition) is 2. The molecule has 0 radical (unpaired) electrons. The minimum Gasteiger partial charge on any atom is -0.325 e.